The Kier molecular flexibility index (Phi) is 3.33. The summed E-state index contributed by atoms with van der Waals surface area (Å²) in [5, 5.41) is 9.10. The average molecular weight is 238 g/mol. The fourth-order valence-electron chi connectivity index (χ4n) is 1.87. The lowest BCUT2D eigenvalue weighted by Gasteiger charge is -2.26. The summed E-state index contributed by atoms with van der Waals surface area (Å²) in [6.07, 6.45) is 4.26. The summed E-state index contributed by atoms with van der Waals surface area (Å²) in [7, 11) is 1.94. The molecule has 2 rings (SSSR count). The molecule has 1 aromatic rings. The van der Waals surface area contributed by atoms with Crippen LogP contribution in [-0.2, 0) is 0 Å². The number of carboxylic acids is 1. The van der Waals surface area contributed by atoms with Crippen molar-refractivity contribution in [3.05, 3.63) is 24.0 Å². The van der Waals surface area contributed by atoms with E-state index in [0.717, 1.165) is 17.9 Å². The Morgan fingerprint density at radius 1 is 1.69 bits per heavy atom. The number of anilines is 1. The summed E-state index contributed by atoms with van der Waals surface area (Å²) in [5.41, 5.74) is 1.04. The van der Waals surface area contributed by atoms with Gasteiger partial charge in [-0.15, -0.1) is 0 Å². The van der Waals surface area contributed by atoms with Crippen LogP contribution < -0.4 is 4.90 Å². The number of aromatic carboxylic acids is 1. The number of thioether (sulfide) groups is 1. The molecule has 0 aliphatic carbocycles. The lowest BCUT2D eigenvalue weighted by atomic mass is 10.1. The molecule has 2 heterocycles. The van der Waals surface area contributed by atoms with Crippen LogP contribution in [0.15, 0.2) is 18.5 Å². The highest BCUT2D eigenvalue weighted by atomic mass is 32.2. The van der Waals surface area contributed by atoms with Gasteiger partial charge in [0.25, 0.3) is 0 Å². The highest BCUT2D eigenvalue weighted by Gasteiger charge is 2.23. The Hall–Kier alpha value is -1.23. The van der Waals surface area contributed by atoms with Crippen molar-refractivity contribution in [3.8, 4) is 0 Å². The molecule has 16 heavy (non-hydrogen) atoms. The van der Waals surface area contributed by atoms with Gasteiger partial charge in [-0.3, -0.25) is 4.98 Å². The molecule has 0 amide bonds. The molecule has 1 atom stereocenters. The fourth-order valence-corrected chi connectivity index (χ4v) is 3.14. The molecule has 0 aromatic carbocycles. The topological polar surface area (TPSA) is 53.4 Å². The molecular formula is C11H14N2O2S. The molecule has 1 aromatic heterocycles. The molecular weight excluding hydrogens is 224 g/mol. The number of aromatic nitrogens is 1. The molecule has 1 unspecified atom stereocenters. The monoisotopic (exact) mass is 238 g/mol. The summed E-state index contributed by atoms with van der Waals surface area (Å²) in [6.45, 7) is 0. The number of hydrogen-bond donors (Lipinski definition) is 1. The highest BCUT2D eigenvalue weighted by Crippen LogP contribution is 2.27. The van der Waals surface area contributed by atoms with Crippen LogP contribution in [0, 0.1) is 0 Å². The summed E-state index contributed by atoms with van der Waals surface area (Å²) in [6, 6.07) is 1.98. The van der Waals surface area contributed by atoms with Crippen molar-refractivity contribution in [1.29, 1.82) is 0 Å². The van der Waals surface area contributed by atoms with Gasteiger partial charge < -0.3 is 10.0 Å². The largest absolute Gasteiger partial charge is 0.478 e. The molecule has 1 aliphatic rings. The molecule has 1 N–H and O–H groups in total. The predicted molar refractivity (Wildman–Crippen MR) is 65.3 cm³/mol. The zero-order valence-electron chi connectivity index (χ0n) is 9.09. The van der Waals surface area contributed by atoms with Crippen molar-refractivity contribution in [2.75, 3.05) is 23.5 Å². The molecule has 4 nitrogen and oxygen atoms in total. The normalized spacial score (nSPS) is 19.7. The lowest BCUT2D eigenvalue weighted by molar-refractivity contribution is 0.0697. The Bertz CT molecular complexity index is 391. The Labute approximate surface area is 98.7 Å². The van der Waals surface area contributed by atoms with Crippen LogP contribution in [0.25, 0.3) is 0 Å². The number of carbonyl (C=O) groups is 1. The van der Waals surface area contributed by atoms with E-state index in [1.807, 2.05) is 23.7 Å². The van der Waals surface area contributed by atoms with Crippen molar-refractivity contribution in [2.24, 2.45) is 0 Å². The van der Waals surface area contributed by atoms with E-state index in [-0.39, 0.29) is 0 Å². The van der Waals surface area contributed by atoms with E-state index in [1.165, 1.54) is 6.20 Å². The quantitative estimate of drug-likeness (QED) is 0.869. The van der Waals surface area contributed by atoms with Gasteiger partial charge in [-0.2, -0.15) is 11.8 Å². The predicted octanol–water partition coefficient (Wildman–Crippen LogP) is 1.72. The van der Waals surface area contributed by atoms with Gasteiger partial charge in [-0.25, -0.2) is 4.79 Å². The minimum absolute atomic E-state index is 0.328. The summed E-state index contributed by atoms with van der Waals surface area (Å²) >= 11 is 1.91. The first-order valence-electron chi connectivity index (χ1n) is 5.18. The molecule has 5 heteroatoms. The third-order valence-electron chi connectivity index (χ3n) is 2.86. The fraction of sp³-hybridized carbons (Fsp3) is 0.455. The van der Waals surface area contributed by atoms with Crippen molar-refractivity contribution in [1.82, 2.24) is 4.98 Å². The van der Waals surface area contributed by atoms with Gasteiger partial charge in [0.15, 0.2) is 0 Å². The minimum atomic E-state index is -0.894. The van der Waals surface area contributed by atoms with Crippen LogP contribution in [0.2, 0.25) is 0 Å². The molecule has 1 saturated heterocycles. The van der Waals surface area contributed by atoms with Crippen LogP contribution in [0.5, 0.6) is 0 Å². The van der Waals surface area contributed by atoms with Crippen LogP contribution in [-0.4, -0.2) is 40.7 Å². The van der Waals surface area contributed by atoms with Crippen LogP contribution in [0.1, 0.15) is 16.8 Å². The van der Waals surface area contributed by atoms with E-state index in [9.17, 15) is 4.79 Å². The Morgan fingerprint density at radius 2 is 2.50 bits per heavy atom. The zero-order chi connectivity index (χ0) is 11.5. The van der Waals surface area contributed by atoms with E-state index in [4.69, 9.17) is 5.11 Å². The lowest BCUT2D eigenvalue weighted by Crippen LogP contribution is -2.32. The van der Waals surface area contributed by atoms with E-state index in [1.54, 1.807) is 12.3 Å². The molecule has 0 spiro atoms. The second-order valence-corrected chi connectivity index (χ2v) is 4.98. The molecule has 0 radical (unpaired) electrons. The smallest absolute Gasteiger partial charge is 0.337 e. The standard InChI is InChI=1S/C11H14N2O2S/c1-13(8-3-5-16-7-8)10-6-12-4-2-9(10)11(14)15/h2,4,6,8H,3,5,7H2,1H3,(H,14,15). The van der Waals surface area contributed by atoms with Gasteiger partial charge in [-0.1, -0.05) is 0 Å². The maximum atomic E-state index is 11.1. The average Bonchev–Trinajstić information content (AvgIpc) is 2.81. The van der Waals surface area contributed by atoms with Gasteiger partial charge in [0.2, 0.25) is 0 Å². The molecule has 0 bridgehead atoms. The first kappa shape index (κ1) is 11.3. The highest BCUT2D eigenvalue weighted by molar-refractivity contribution is 7.99. The van der Waals surface area contributed by atoms with Gasteiger partial charge in [0, 0.05) is 25.0 Å². The molecule has 86 valence electrons. The minimum Gasteiger partial charge on any atom is -0.478 e. The number of rotatable bonds is 3. The summed E-state index contributed by atoms with van der Waals surface area (Å²) in [4.78, 5) is 17.1. The number of carboxylic acid groups (broad SMARTS) is 1. The summed E-state index contributed by atoms with van der Waals surface area (Å²) in [5.74, 6) is 1.32. The van der Waals surface area contributed by atoms with Crippen molar-refractivity contribution in [2.45, 2.75) is 12.5 Å². The van der Waals surface area contributed by atoms with Gasteiger partial charge in [0.05, 0.1) is 17.4 Å². The second kappa shape index (κ2) is 4.74. The number of hydrogen-bond acceptors (Lipinski definition) is 4. The first-order chi connectivity index (χ1) is 7.70. The van der Waals surface area contributed by atoms with E-state index in [0.29, 0.717) is 17.3 Å². The Balaban J connectivity index is 2.27. The molecule has 1 aliphatic heterocycles. The molecule has 0 saturated carbocycles. The Morgan fingerprint density at radius 3 is 3.12 bits per heavy atom. The SMILES string of the molecule is CN(c1cnccc1C(=O)O)C1CCSC1. The van der Waals surface area contributed by atoms with Crippen molar-refractivity contribution < 1.29 is 9.90 Å². The molecule has 1 fully saturated rings. The second-order valence-electron chi connectivity index (χ2n) is 3.83. The van der Waals surface area contributed by atoms with Crippen LogP contribution in [0.3, 0.4) is 0 Å². The van der Waals surface area contributed by atoms with Crippen molar-refractivity contribution in [3.63, 3.8) is 0 Å². The third kappa shape index (κ3) is 2.14. The van der Waals surface area contributed by atoms with Crippen molar-refractivity contribution >= 4 is 23.4 Å². The van der Waals surface area contributed by atoms with Crippen LogP contribution >= 0.6 is 11.8 Å². The van der Waals surface area contributed by atoms with E-state index in [2.05, 4.69) is 4.98 Å². The zero-order valence-corrected chi connectivity index (χ0v) is 9.91. The maximum Gasteiger partial charge on any atom is 0.337 e. The van der Waals surface area contributed by atoms with Gasteiger partial charge in [-0.05, 0) is 18.2 Å². The number of pyridine rings is 1. The maximum absolute atomic E-state index is 11.1. The first-order valence-corrected chi connectivity index (χ1v) is 6.33. The van der Waals surface area contributed by atoms with E-state index >= 15 is 0 Å². The summed E-state index contributed by atoms with van der Waals surface area (Å²) < 4.78 is 0. The van der Waals surface area contributed by atoms with Gasteiger partial charge >= 0.3 is 5.97 Å². The van der Waals surface area contributed by atoms with E-state index < -0.39 is 5.97 Å². The van der Waals surface area contributed by atoms with Gasteiger partial charge in [0.1, 0.15) is 0 Å². The number of nitrogens with zero attached hydrogens (tertiary/aromatic N) is 2. The van der Waals surface area contributed by atoms with Crippen LogP contribution in [0.4, 0.5) is 5.69 Å². The third-order valence-corrected chi connectivity index (χ3v) is 4.01.